The van der Waals surface area contributed by atoms with Gasteiger partial charge in [-0.2, -0.15) is 36.4 Å². The van der Waals surface area contributed by atoms with Gasteiger partial charge in [-0.3, -0.25) is 0 Å². The van der Waals surface area contributed by atoms with Crippen LogP contribution in [0.1, 0.15) is 0 Å². The standard InChI is InChI=1S/2C5H5.2CH3NS2.Ti/c2*1-2-4-5-3-1;2*2-1(3)4;/h2*1-5H;2*(H3,2,3,4);/q2*-1;;;+4/p-2. The van der Waals surface area contributed by atoms with E-state index in [1.165, 1.54) is 0 Å². The van der Waals surface area contributed by atoms with Gasteiger partial charge in [-0.1, -0.05) is 8.64 Å². The van der Waals surface area contributed by atoms with Crippen LogP contribution in [0.3, 0.4) is 0 Å². The molecule has 0 aliphatic rings. The summed E-state index contributed by atoms with van der Waals surface area (Å²) in [6, 6.07) is 20.0. The predicted molar refractivity (Wildman–Crippen MR) is 92.4 cm³/mol. The number of thiocarbonyl (C=S) groups is 2. The average Bonchev–Trinajstić information content (AvgIpc) is 2.96. The largest absolute Gasteiger partial charge is 4.00 e. The van der Waals surface area contributed by atoms with Crippen molar-refractivity contribution in [2.24, 2.45) is 11.5 Å². The smallest absolute Gasteiger partial charge is 0.415 e. The molecular formula is C12H14N2S4Ti. The second-order valence-corrected chi connectivity index (χ2v) is 4.84. The van der Waals surface area contributed by atoms with Crippen molar-refractivity contribution in [2.75, 3.05) is 0 Å². The molecule has 0 bridgehead atoms. The summed E-state index contributed by atoms with van der Waals surface area (Å²) in [5.74, 6) is 0. The Morgan fingerprint density at radius 1 is 0.737 bits per heavy atom. The average molecular weight is 362 g/mol. The molecule has 0 aromatic heterocycles. The zero-order valence-electron chi connectivity index (χ0n) is 10.1. The van der Waals surface area contributed by atoms with Gasteiger partial charge in [0.1, 0.15) is 0 Å². The Labute approximate surface area is 151 Å². The first-order chi connectivity index (χ1) is 8.46. The molecule has 100 valence electrons. The van der Waals surface area contributed by atoms with Crippen LogP contribution in [-0.2, 0) is 47.0 Å². The van der Waals surface area contributed by atoms with Crippen LogP contribution in [0.15, 0.2) is 60.7 Å². The van der Waals surface area contributed by atoms with Crippen molar-refractivity contribution in [3.05, 3.63) is 60.7 Å². The normalized spacial score (nSPS) is 6.74. The fourth-order valence-corrected chi connectivity index (χ4v) is 0.642. The monoisotopic (exact) mass is 362 g/mol. The van der Waals surface area contributed by atoms with Gasteiger partial charge in [-0.25, -0.2) is 24.3 Å². The van der Waals surface area contributed by atoms with Crippen LogP contribution in [0.5, 0.6) is 0 Å². The van der Waals surface area contributed by atoms with Crippen LogP contribution in [-0.4, -0.2) is 8.64 Å². The third kappa shape index (κ3) is 46.4. The predicted octanol–water partition coefficient (Wildman–Crippen LogP) is 2.36. The van der Waals surface area contributed by atoms with Crippen molar-refractivity contribution in [3.8, 4) is 0 Å². The second-order valence-electron chi connectivity index (χ2n) is 2.56. The molecule has 19 heavy (non-hydrogen) atoms. The molecule has 0 fully saturated rings. The Morgan fingerprint density at radius 2 is 0.895 bits per heavy atom. The van der Waals surface area contributed by atoms with E-state index in [4.69, 9.17) is 0 Å². The van der Waals surface area contributed by atoms with E-state index in [1.54, 1.807) is 0 Å². The molecule has 0 spiro atoms. The Balaban J connectivity index is -0.000000178. The molecule has 2 aromatic rings. The first kappa shape index (κ1) is 23.7. The van der Waals surface area contributed by atoms with Gasteiger partial charge < -0.3 is 61.2 Å². The summed E-state index contributed by atoms with van der Waals surface area (Å²) >= 11 is 16.5. The van der Waals surface area contributed by atoms with Crippen LogP contribution in [0, 0.1) is 0 Å². The van der Waals surface area contributed by atoms with Crippen molar-refractivity contribution in [1.29, 1.82) is 0 Å². The maximum absolute atomic E-state index is 4.66. The van der Waals surface area contributed by atoms with Gasteiger partial charge in [0.25, 0.3) is 0 Å². The van der Waals surface area contributed by atoms with E-state index >= 15 is 0 Å². The summed E-state index contributed by atoms with van der Waals surface area (Å²) in [6.07, 6.45) is 0. The molecule has 2 nitrogen and oxygen atoms in total. The molecule has 0 saturated carbocycles. The summed E-state index contributed by atoms with van der Waals surface area (Å²) in [5, 5.41) is 0. The minimum Gasteiger partial charge on any atom is -0.415 e. The molecule has 0 heterocycles. The Bertz CT molecular complexity index is 294. The summed E-state index contributed by atoms with van der Waals surface area (Å²) in [7, 11) is 0. The van der Waals surface area contributed by atoms with Gasteiger partial charge in [0.2, 0.25) is 0 Å². The number of nitrogens with two attached hydrogens (primary N) is 2. The van der Waals surface area contributed by atoms with Crippen molar-refractivity contribution >= 4 is 58.3 Å². The summed E-state index contributed by atoms with van der Waals surface area (Å²) < 4.78 is 0.167. The van der Waals surface area contributed by atoms with Crippen molar-refractivity contribution in [3.63, 3.8) is 0 Å². The zero-order valence-corrected chi connectivity index (χ0v) is 14.9. The molecule has 7 heteroatoms. The molecule has 0 aliphatic heterocycles. The van der Waals surface area contributed by atoms with E-state index in [9.17, 15) is 0 Å². The number of hydrogen-bond acceptors (Lipinski definition) is 4. The topological polar surface area (TPSA) is 52.0 Å². The Kier molecular flexibility index (Phi) is 24.9. The van der Waals surface area contributed by atoms with Crippen LogP contribution in [0.25, 0.3) is 0 Å². The molecule has 0 atom stereocenters. The van der Waals surface area contributed by atoms with E-state index in [0.29, 0.717) is 0 Å². The Hall–Kier alpha value is -0.366. The van der Waals surface area contributed by atoms with E-state index in [1.807, 2.05) is 60.7 Å². The van der Waals surface area contributed by atoms with Crippen LogP contribution in [0.4, 0.5) is 0 Å². The first-order valence-corrected chi connectivity index (χ1v) is 6.36. The van der Waals surface area contributed by atoms with Gasteiger partial charge in [0.15, 0.2) is 0 Å². The third-order valence-corrected chi connectivity index (χ3v) is 1.11. The molecule has 0 saturated heterocycles. The molecule has 2 aromatic carbocycles. The van der Waals surface area contributed by atoms with Crippen LogP contribution < -0.4 is 11.5 Å². The second kappa shape index (κ2) is 20.0. The zero-order chi connectivity index (χ0) is 14.2. The summed E-state index contributed by atoms with van der Waals surface area (Å²) in [4.78, 5) is 0. The van der Waals surface area contributed by atoms with Crippen LogP contribution >= 0.6 is 24.4 Å². The Morgan fingerprint density at radius 3 is 0.947 bits per heavy atom. The van der Waals surface area contributed by atoms with Crippen LogP contribution in [0.2, 0.25) is 0 Å². The van der Waals surface area contributed by atoms with Gasteiger partial charge in [-0.05, 0) is 0 Å². The van der Waals surface area contributed by atoms with E-state index < -0.39 is 0 Å². The molecular weight excluding hydrogens is 348 g/mol. The molecule has 4 N–H and O–H groups in total. The van der Waals surface area contributed by atoms with Crippen molar-refractivity contribution in [1.82, 2.24) is 0 Å². The SMILES string of the molecule is NC(=S)[S-].NC(=S)[S-].[Ti+4].c1cc[cH-]c1.c1cc[cH-]c1. The fourth-order valence-electron chi connectivity index (χ4n) is 0.642. The molecule has 0 amide bonds. The maximum Gasteiger partial charge on any atom is 4.00 e. The van der Waals surface area contributed by atoms with Crippen molar-refractivity contribution in [2.45, 2.75) is 0 Å². The molecule has 0 radical (unpaired) electrons. The number of hydrogen-bond donors (Lipinski definition) is 2. The quantitative estimate of drug-likeness (QED) is 0.325. The van der Waals surface area contributed by atoms with Gasteiger partial charge >= 0.3 is 21.7 Å². The van der Waals surface area contributed by atoms with Gasteiger partial charge in [-0.15, -0.1) is 0 Å². The molecule has 2 rings (SSSR count). The minimum absolute atomic E-state index is 0. The maximum atomic E-state index is 4.66. The van der Waals surface area contributed by atoms with E-state index in [2.05, 4.69) is 61.2 Å². The van der Waals surface area contributed by atoms with E-state index in [0.717, 1.165) is 0 Å². The third-order valence-electron chi connectivity index (χ3n) is 1.11. The summed E-state index contributed by atoms with van der Waals surface area (Å²) in [5.41, 5.74) is 9.31. The first-order valence-electron chi connectivity index (χ1n) is 4.73. The fraction of sp³-hybridized carbons (Fsp3) is 0. The summed E-state index contributed by atoms with van der Waals surface area (Å²) in [6.45, 7) is 0. The number of rotatable bonds is 0. The van der Waals surface area contributed by atoms with E-state index in [-0.39, 0.29) is 30.4 Å². The van der Waals surface area contributed by atoms with Gasteiger partial charge in [0, 0.05) is 0 Å². The molecule has 0 aliphatic carbocycles. The van der Waals surface area contributed by atoms with Gasteiger partial charge in [0.05, 0.1) is 0 Å². The minimum atomic E-state index is 0. The van der Waals surface area contributed by atoms with Crippen molar-refractivity contribution < 1.29 is 21.7 Å². The molecule has 0 unspecified atom stereocenters.